The maximum atomic E-state index is 11.2. The van der Waals surface area contributed by atoms with E-state index in [1.54, 1.807) is 0 Å². The molecule has 1 N–H and O–H groups in total. The molecule has 0 aromatic rings. The Kier molecular flexibility index (Phi) is 3.82. The molecule has 4 nitrogen and oxygen atoms in total. The second-order valence-electron chi connectivity index (χ2n) is 4.94. The fourth-order valence-electron chi connectivity index (χ4n) is 3.11. The number of carbonyl (C=O) groups is 1. The zero-order chi connectivity index (χ0) is 11.5. The molecule has 0 spiro atoms. The largest absolute Gasteiger partial charge is 0.480 e. The zero-order valence-corrected chi connectivity index (χ0v) is 10.1. The summed E-state index contributed by atoms with van der Waals surface area (Å²) < 4.78 is 0. The first-order valence-electron chi connectivity index (χ1n) is 6.43. The lowest BCUT2D eigenvalue weighted by Crippen LogP contribution is -2.45. The van der Waals surface area contributed by atoms with Crippen molar-refractivity contribution in [3.05, 3.63) is 0 Å². The summed E-state index contributed by atoms with van der Waals surface area (Å²) in [5, 5.41) is 9.20. The van der Waals surface area contributed by atoms with Crippen LogP contribution in [0.2, 0.25) is 0 Å². The number of hydrogen-bond donors (Lipinski definition) is 1. The highest BCUT2D eigenvalue weighted by atomic mass is 16.4. The summed E-state index contributed by atoms with van der Waals surface area (Å²) >= 11 is 0. The summed E-state index contributed by atoms with van der Waals surface area (Å²) in [6.45, 7) is 6.22. The van der Waals surface area contributed by atoms with Crippen LogP contribution in [0.5, 0.6) is 0 Å². The van der Waals surface area contributed by atoms with Gasteiger partial charge in [0.1, 0.15) is 6.04 Å². The molecule has 0 bridgehead atoms. The van der Waals surface area contributed by atoms with Crippen molar-refractivity contribution in [2.75, 3.05) is 26.2 Å². The quantitative estimate of drug-likeness (QED) is 0.780. The van der Waals surface area contributed by atoms with E-state index in [0.717, 1.165) is 26.1 Å². The van der Waals surface area contributed by atoms with Gasteiger partial charge in [0.2, 0.25) is 0 Å². The molecule has 2 fully saturated rings. The zero-order valence-electron chi connectivity index (χ0n) is 10.1. The van der Waals surface area contributed by atoms with Gasteiger partial charge in [0, 0.05) is 19.1 Å². The third-order valence-corrected chi connectivity index (χ3v) is 3.95. The van der Waals surface area contributed by atoms with Crippen LogP contribution in [-0.4, -0.2) is 59.1 Å². The van der Waals surface area contributed by atoms with Crippen molar-refractivity contribution in [3.8, 4) is 0 Å². The van der Waals surface area contributed by atoms with Gasteiger partial charge in [-0.3, -0.25) is 14.6 Å². The number of nitrogens with zero attached hydrogens (tertiary/aromatic N) is 2. The van der Waals surface area contributed by atoms with Crippen LogP contribution in [0.4, 0.5) is 0 Å². The van der Waals surface area contributed by atoms with E-state index in [2.05, 4.69) is 9.80 Å². The molecule has 0 radical (unpaired) electrons. The Labute approximate surface area is 97.2 Å². The number of rotatable bonds is 3. The highest BCUT2D eigenvalue weighted by Crippen LogP contribution is 2.22. The van der Waals surface area contributed by atoms with Crippen LogP contribution < -0.4 is 0 Å². The Balaban J connectivity index is 2.01. The molecule has 2 rings (SSSR count). The Bertz CT molecular complexity index is 257. The average molecular weight is 226 g/mol. The van der Waals surface area contributed by atoms with Crippen LogP contribution in [0.15, 0.2) is 0 Å². The first kappa shape index (κ1) is 11.9. The predicted molar refractivity (Wildman–Crippen MR) is 62.5 cm³/mol. The Morgan fingerprint density at radius 3 is 2.81 bits per heavy atom. The van der Waals surface area contributed by atoms with E-state index in [1.807, 2.05) is 6.92 Å². The topological polar surface area (TPSA) is 43.8 Å². The molecule has 2 aliphatic rings. The van der Waals surface area contributed by atoms with E-state index in [-0.39, 0.29) is 6.04 Å². The summed E-state index contributed by atoms with van der Waals surface area (Å²) in [4.78, 5) is 15.9. The van der Waals surface area contributed by atoms with Crippen LogP contribution in [0, 0.1) is 0 Å². The molecule has 0 aliphatic carbocycles. The van der Waals surface area contributed by atoms with E-state index in [4.69, 9.17) is 0 Å². The minimum Gasteiger partial charge on any atom is -0.480 e. The number of carboxylic acid groups (broad SMARTS) is 1. The minimum atomic E-state index is -0.658. The number of carboxylic acids is 1. The molecule has 4 heteroatoms. The third kappa shape index (κ3) is 2.38. The molecule has 2 saturated heterocycles. The molecule has 0 amide bonds. The molecule has 0 aromatic carbocycles. The molecular formula is C12H22N2O2. The fraction of sp³-hybridized carbons (Fsp3) is 0.917. The van der Waals surface area contributed by atoms with Crippen molar-refractivity contribution >= 4 is 5.97 Å². The summed E-state index contributed by atoms with van der Waals surface area (Å²) in [6.07, 6.45) is 4.34. The second kappa shape index (κ2) is 5.15. The van der Waals surface area contributed by atoms with Gasteiger partial charge in [0.25, 0.3) is 0 Å². The van der Waals surface area contributed by atoms with Gasteiger partial charge in [0.15, 0.2) is 0 Å². The van der Waals surface area contributed by atoms with Gasteiger partial charge in [-0.05, 0) is 38.8 Å². The van der Waals surface area contributed by atoms with Crippen molar-refractivity contribution in [1.82, 2.24) is 9.80 Å². The summed E-state index contributed by atoms with van der Waals surface area (Å²) in [5.74, 6) is -0.658. The monoisotopic (exact) mass is 226 g/mol. The van der Waals surface area contributed by atoms with Crippen molar-refractivity contribution < 1.29 is 9.90 Å². The van der Waals surface area contributed by atoms with Crippen LogP contribution in [0.25, 0.3) is 0 Å². The van der Waals surface area contributed by atoms with Gasteiger partial charge in [-0.25, -0.2) is 0 Å². The highest BCUT2D eigenvalue weighted by molar-refractivity contribution is 5.73. The normalized spacial score (nSPS) is 29.7. The molecule has 92 valence electrons. The first-order valence-corrected chi connectivity index (χ1v) is 6.43. The van der Waals surface area contributed by atoms with E-state index >= 15 is 0 Å². The van der Waals surface area contributed by atoms with Crippen molar-refractivity contribution in [1.29, 1.82) is 0 Å². The lowest BCUT2D eigenvalue weighted by Gasteiger charge is -2.29. The molecule has 2 aliphatic heterocycles. The predicted octanol–water partition coefficient (Wildman–Crippen LogP) is 1.02. The van der Waals surface area contributed by atoms with E-state index < -0.39 is 5.97 Å². The SMILES string of the molecule is CCC(C(=O)O)N1CCCN2CCCC2C1. The number of fused-ring (bicyclic) bond motifs is 1. The maximum Gasteiger partial charge on any atom is 0.320 e. The Morgan fingerprint density at radius 2 is 2.12 bits per heavy atom. The van der Waals surface area contributed by atoms with Crippen molar-refractivity contribution in [2.24, 2.45) is 0 Å². The van der Waals surface area contributed by atoms with Crippen LogP contribution in [0.3, 0.4) is 0 Å². The Hall–Kier alpha value is -0.610. The lowest BCUT2D eigenvalue weighted by atomic mass is 10.1. The standard InChI is InChI=1S/C12H22N2O2/c1-2-11(12(15)16)14-8-4-7-13-6-3-5-10(13)9-14/h10-11H,2-9H2,1H3,(H,15,16). The van der Waals surface area contributed by atoms with E-state index in [1.165, 1.54) is 19.4 Å². The molecular weight excluding hydrogens is 204 g/mol. The smallest absolute Gasteiger partial charge is 0.320 e. The average Bonchev–Trinajstić information content (AvgIpc) is 2.58. The van der Waals surface area contributed by atoms with Crippen LogP contribution in [0.1, 0.15) is 32.6 Å². The van der Waals surface area contributed by atoms with Gasteiger partial charge in [-0.15, -0.1) is 0 Å². The third-order valence-electron chi connectivity index (χ3n) is 3.95. The summed E-state index contributed by atoms with van der Waals surface area (Å²) in [5.41, 5.74) is 0. The van der Waals surface area contributed by atoms with Gasteiger partial charge >= 0.3 is 5.97 Å². The fourth-order valence-corrected chi connectivity index (χ4v) is 3.11. The van der Waals surface area contributed by atoms with E-state index in [0.29, 0.717) is 12.5 Å². The lowest BCUT2D eigenvalue weighted by molar-refractivity contribution is -0.143. The summed E-state index contributed by atoms with van der Waals surface area (Å²) in [7, 11) is 0. The van der Waals surface area contributed by atoms with Gasteiger partial charge in [-0.1, -0.05) is 6.92 Å². The molecule has 0 saturated carbocycles. The second-order valence-corrected chi connectivity index (χ2v) is 4.94. The molecule has 2 unspecified atom stereocenters. The van der Waals surface area contributed by atoms with Crippen molar-refractivity contribution in [2.45, 2.75) is 44.7 Å². The van der Waals surface area contributed by atoms with Crippen LogP contribution in [-0.2, 0) is 4.79 Å². The molecule has 2 heterocycles. The minimum absolute atomic E-state index is 0.277. The van der Waals surface area contributed by atoms with Crippen molar-refractivity contribution in [3.63, 3.8) is 0 Å². The maximum absolute atomic E-state index is 11.2. The summed E-state index contributed by atoms with van der Waals surface area (Å²) in [6, 6.07) is 0.330. The molecule has 2 atom stereocenters. The molecule has 0 aromatic heterocycles. The number of aliphatic carboxylic acids is 1. The molecule has 16 heavy (non-hydrogen) atoms. The Morgan fingerprint density at radius 1 is 1.38 bits per heavy atom. The van der Waals surface area contributed by atoms with Gasteiger partial charge in [-0.2, -0.15) is 0 Å². The first-order chi connectivity index (χ1) is 7.72. The van der Waals surface area contributed by atoms with Gasteiger partial charge in [0.05, 0.1) is 0 Å². The van der Waals surface area contributed by atoms with Crippen LogP contribution >= 0.6 is 0 Å². The number of hydrogen-bond acceptors (Lipinski definition) is 3. The van der Waals surface area contributed by atoms with E-state index in [9.17, 15) is 9.90 Å². The van der Waals surface area contributed by atoms with Gasteiger partial charge < -0.3 is 5.11 Å². The highest BCUT2D eigenvalue weighted by Gasteiger charge is 2.33.